The van der Waals surface area contributed by atoms with Crippen LogP contribution in [0.5, 0.6) is 11.5 Å². The summed E-state index contributed by atoms with van der Waals surface area (Å²) in [6, 6.07) is 14.6. The first kappa shape index (κ1) is 17.0. The number of carbonyl (C=O) groups excluding carboxylic acids is 1. The first-order chi connectivity index (χ1) is 12.7. The van der Waals surface area contributed by atoms with Crippen molar-refractivity contribution in [3.05, 3.63) is 59.2 Å². The smallest absolute Gasteiger partial charge is 0.309 e. The third-order valence-electron chi connectivity index (χ3n) is 5.83. The number of cyclic esters (lactones) is 1. The molecule has 0 amide bonds. The summed E-state index contributed by atoms with van der Waals surface area (Å²) in [5.41, 5.74) is 3.82. The molecule has 136 valence electrons. The van der Waals surface area contributed by atoms with Crippen LogP contribution in [0, 0.1) is 11.8 Å². The molecule has 1 fully saturated rings. The fourth-order valence-corrected chi connectivity index (χ4v) is 4.39. The van der Waals surface area contributed by atoms with E-state index in [9.17, 15) is 4.79 Å². The van der Waals surface area contributed by atoms with Crippen molar-refractivity contribution in [2.24, 2.45) is 11.8 Å². The molecule has 4 heteroatoms. The molecule has 4 nitrogen and oxygen atoms in total. The monoisotopic (exact) mass is 352 g/mol. The number of aryl methyl sites for hydroxylation is 1. The van der Waals surface area contributed by atoms with Crippen LogP contribution in [0.4, 0.5) is 0 Å². The lowest BCUT2D eigenvalue weighted by Crippen LogP contribution is -2.23. The van der Waals surface area contributed by atoms with Crippen LogP contribution < -0.4 is 9.47 Å². The van der Waals surface area contributed by atoms with Gasteiger partial charge in [-0.05, 0) is 48.1 Å². The minimum Gasteiger partial charge on any atom is -0.493 e. The Balaban J connectivity index is 1.80. The van der Waals surface area contributed by atoms with Crippen LogP contribution in [0.25, 0.3) is 0 Å². The predicted molar refractivity (Wildman–Crippen MR) is 98.7 cm³/mol. The van der Waals surface area contributed by atoms with Crippen molar-refractivity contribution >= 4 is 5.97 Å². The van der Waals surface area contributed by atoms with Crippen molar-refractivity contribution in [2.45, 2.75) is 25.2 Å². The van der Waals surface area contributed by atoms with E-state index < -0.39 is 0 Å². The first-order valence-electron chi connectivity index (χ1n) is 9.17. The van der Waals surface area contributed by atoms with Crippen molar-refractivity contribution in [2.75, 3.05) is 20.8 Å². The molecule has 0 radical (unpaired) electrons. The summed E-state index contributed by atoms with van der Waals surface area (Å²) in [6.07, 6.45) is 2.76. The van der Waals surface area contributed by atoms with Gasteiger partial charge in [-0.15, -0.1) is 0 Å². The maximum Gasteiger partial charge on any atom is 0.309 e. The van der Waals surface area contributed by atoms with E-state index in [2.05, 4.69) is 30.3 Å². The third-order valence-corrected chi connectivity index (χ3v) is 5.83. The SMILES string of the molecule is COc1ccc([C@@H]2C[C@@H]3C(=O)OC[C@@H]3CCc3ccccc32)cc1OC. The van der Waals surface area contributed by atoms with E-state index in [1.54, 1.807) is 14.2 Å². The van der Waals surface area contributed by atoms with Gasteiger partial charge in [-0.3, -0.25) is 4.79 Å². The molecule has 2 aromatic rings. The van der Waals surface area contributed by atoms with Gasteiger partial charge in [0.25, 0.3) is 0 Å². The van der Waals surface area contributed by atoms with Crippen LogP contribution in [0.1, 0.15) is 35.4 Å². The van der Waals surface area contributed by atoms with E-state index >= 15 is 0 Å². The average molecular weight is 352 g/mol. The number of fused-ring (bicyclic) bond motifs is 2. The van der Waals surface area contributed by atoms with Crippen LogP contribution in [-0.4, -0.2) is 26.8 Å². The van der Waals surface area contributed by atoms with Crippen LogP contribution in [0.2, 0.25) is 0 Å². The summed E-state index contributed by atoms with van der Waals surface area (Å²) in [7, 11) is 3.29. The second-order valence-electron chi connectivity index (χ2n) is 7.14. The number of ether oxygens (including phenoxy) is 3. The normalized spacial score (nSPS) is 24.7. The third kappa shape index (κ3) is 2.94. The van der Waals surface area contributed by atoms with Gasteiger partial charge in [0.05, 0.1) is 26.7 Å². The van der Waals surface area contributed by atoms with Crippen LogP contribution in [0.3, 0.4) is 0 Å². The molecule has 2 aromatic carbocycles. The lowest BCUT2D eigenvalue weighted by molar-refractivity contribution is -0.141. The van der Waals surface area contributed by atoms with Gasteiger partial charge in [-0.25, -0.2) is 0 Å². The maximum absolute atomic E-state index is 12.3. The van der Waals surface area contributed by atoms with Gasteiger partial charge in [0.1, 0.15) is 0 Å². The highest BCUT2D eigenvalue weighted by Crippen LogP contribution is 2.43. The zero-order valence-electron chi connectivity index (χ0n) is 15.2. The number of hydrogen-bond donors (Lipinski definition) is 0. The molecule has 2 aliphatic rings. The summed E-state index contributed by atoms with van der Waals surface area (Å²) >= 11 is 0. The van der Waals surface area contributed by atoms with Gasteiger partial charge in [0.2, 0.25) is 0 Å². The molecular formula is C22H24O4. The molecular weight excluding hydrogens is 328 g/mol. The Kier molecular flexibility index (Phi) is 4.58. The highest BCUT2D eigenvalue weighted by atomic mass is 16.5. The summed E-state index contributed by atoms with van der Waals surface area (Å²) in [5, 5.41) is 0. The van der Waals surface area contributed by atoms with Crippen LogP contribution in [-0.2, 0) is 16.0 Å². The number of methoxy groups -OCH3 is 2. The molecule has 1 heterocycles. The van der Waals surface area contributed by atoms with Gasteiger partial charge in [0.15, 0.2) is 11.5 Å². The van der Waals surface area contributed by atoms with E-state index in [1.165, 1.54) is 11.1 Å². The molecule has 1 aliphatic heterocycles. The van der Waals surface area contributed by atoms with Crippen molar-refractivity contribution in [3.63, 3.8) is 0 Å². The number of esters is 1. The number of benzene rings is 2. The van der Waals surface area contributed by atoms with Crippen molar-refractivity contribution in [3.8, 4) is 11.5 Å². The Labute approximate surface area is 154 Å². The first-order valence-corrected chi connectivity index (χ1v) is 9.17. The quantitative estimate of drug-likeness (QED) is 0.785. The highest BCUT2D eigenvalue weighted by molar-refractivity contribution is 5.75. The summed E-state index contributed by atoms with van der Waals surface area (Å²) in [4.78, 5) is 12.3. The minimum absolute atomic E-state index is 0.0264. The predicted octanol–water partition coefficient (Wildman–Crippen LogP) is 3.96. The van der Waals surface area contributed by atoms with Gasteiger partial charge >= 0.3 is 5.97 Å². The zero-order chi connectivity index (χ0) is 18.1. The molecule has 26 heavy (non-hydrogen) atoms. The van der Waals surface area contributed by atoms with Gasteiger partial charge in [-0.1, -0.05) is 30.3 Å². The zero-order valence-corrected chi connectivity index (χ0v) is 15.2. The lowest BCUT2D eigenvalue weighted by Gasteiger charge is -2.28. The van der Waals surface area contributed by atoms with Crippen molar-refractivity contribution in [1.29, 1.82) is 0 Å². The summed E-state index contributed by atoms with van der Waals surface area (Å²) in [6.45, 7) is 0.560. The van der Waals surface area contributed by atoms with Crippen molar-refractivity contribution in [1.82, 2.24) is 0 Å². The van der Waals surface area contributed by atoms with Crippen LogP contribution in [0.15, 0.2) is 42.5 Å². The van der Waals surface area contributed by atoms with E-state index in [0.29, 0.717) is 18.3 Å². The second kappa shape index (κ2) is 7.02. The molecule has 4 rings (SSSR count). The van der Waals surface area contributed by atoms with E-state index in [0.717, 1.165) is 30.6 Å². The largest absolute Gasteiger partial charge is 0.493 e. The van der Waals surface area contributed by atoms with E-state index in [4.69, 9.17) is 14.2 Å². The fourth-order valence-electron chi connectivity index (χ4n) is 4.39. The maximum atomic E-state index is 12.3. The summed E-state index contributed by atoms with van der Waals surface area (Å²) in [5.74, 6) is 1.83. The van der Waals surface area contributed by atoms with Gasteiger partial charge < -0.3 is 14.2 Å². The molecule has 0 aromatic heterocycles. The molecule has 0 N–H and O–H groups in total. The topological polar surface area (TPSA) is 44.8 Å². The lowest BCUT2D eigenvalue weighted by atomic mass is 9.74. The summed E-state index contributed by atoms with van der Waals surface area (Å²) < 4.78 is 16.3. The molecule has 1 saturated heterocycles. The Morgan fingerprint density at radius 2 is 1.85 bits per heavy atom. The second-order valence-corrected chi connectivity index (χ2v) is 7.14. The van der Waals surface area contributed by atoms with E-state index in [1.807, 2.05) is 12.1 Å². The minimum atomic E-state index is -0.0418. The molecule has 0 saturated carbocycles. The van der Waals surface area contributed by atoms with Gasteiger partial charge in [0, 0.05) is 11.8 Å². The Morgan fingerprint density at radius 1 is 1.04 bits per heavy atom. The molecule has 0 unspecified atom stereocenters. The van der Waals surface area contributed by atoms with Crippen molar-refractivity contribution < 1.29 is 19.0 Å². The van der Waals surface area contributed by atoms with Crippen LogP contribution >= 0.6 is 0 Å². The molecule has 1 aliphatic carbocycles. The fraction of sp³-hybridized carbons (Fsp3) is 0.409. The van der Waals surface area contributed by atoms with E-state index in [-0.39, 0.29) is 17.8 Å². The molecule has 0 spiro atoms. The Bertz CT molecular complexity index is 814. The number of carbonyl (C=O) groups is 1. The molecule has 3 atom stereocenters. The number of hydrogen-bond acceptors (Lipinski definition) is 4. The van der Waals surface area contributed by atoms with Gasteiger partial charge in [-0.2, -0.15) is 0 Å². The Hall–Kier alpha value is -2.49. The standard InChI is InChI=1S/C22H24O4/c1-24-20-10-9-15(11-21(20)25-2)18-12-19-16(13-26-22(19)23)8-7-14-5-3-4-6-17(14)18/h3-6,9-11,16,18-19H,7-8,12-13H2,1-2H3/t16-,18-,19-/m0/s1. The average Bonchev–Trinajstić information content (AvgIpc) is 3.01. The number of rotatable bonds is 3. The molecule has 0 bridgehead atoms. The highest BCUT2D eigenvalue weighted by Gasteiger charge is 2.40. The Morgan fingerprint density at radius 3 is 2.65 bits per heavy atom.